The molecular formula is C12H21NO. The van der Waals surface area contributed by atoms with Crippen LogP contribution in [0, 0.1) is 11.8 Å². The topological polar surface area (TPSA) is 29.1 Å². The van der Waals surface area contributed by atoms with Gasteiger partial charge in [-0.3, -0.25) is 4.79 Å². The van der Waals surface area contributed by atoms with Crippen molar-refractivity contribution >= 4 is 5.78 Å². The van der Waals surface area contributed by atoms with E-state index in [0.29, 0.717) is 23.7 Å². The summed E-state index contributed by atoms with van der Waals surface area (Å²) in [5, 5.41) is 3.51. The van der Waals surface area contributed by atoms with E-state index < -0.39 is 0 Å². The second-order valence-corrected chi connectivity index (χ2v) is 4.75. The van der Waals surface area contributed by atoms with Gasteiger partial charge in [0.1, 0.15) is 5.78 Å². The highest BCUT2D eigenvalue weighted by atomic mass is 16.1. The molecule has 0 aromatic rings. The number of hydrogen-bond acceptors (Lipinski definition) is 2. The Kier molecular flexibility index (Phi) is 3.22. The lowest BCUT2D eigenvalue weighted by Gasteiger charge is -2.29. The zero-order valence-electron chi connectivity index (χ0n) is 9.09. The Morgan fingerprint density at radius 3 is 2.64 bits per heavy atom. The van der Waals surface area contributed by atoms with Crippen LogP contribution in [0.15, 0.2) is 0 Å². The Morgan fingerprint density at radius 2 is 2.14 bits per heavy atom. The SMILES string of the molecule is CCC(C(=O)C1CC1)C1CCCCN1. The van der Waals surface area contributed by atoms with Crippen molar-refractivity contribution in [3.8, 4) is 0 Å². The molecular weight excluding hydrogens is 174 g/mol. The average Bonchev–Trinajstić information content (AvgIpc) is 3.03. The average molecular weight is 195 g/mol. The standard InChI is InChI=1S/C12H21NO/c1-2-10(12(14)9-6-7-9)11-5-3-4-8-13-11/h9-11,13H,2-8H2,1H3. The molecule has 1 N–H and O–H groups in total. The van der Waals surface area contributed by atoms with Crippen LogP contribution in [0.5, 0.6) is 0 Å². The van der Waals surface area contributed by atoms with Crippen molar-refractivity contribution in [1.29, 1.82) is 0 Å². The van der Waals surface area contributed by atoms with Gasteiger partial charge in [-0.2, -0.15) is 0 Å². The smallest absolute Gasteiger partial charge is 0.140 e. The predicted molar refractivity (Wildman–Crippen MR) is 57.2 cm³/mol. The number of piperidine rings is 1. The molecule has 1 aliphatic heterocycles. The second-order valence-electron chi connectivity index (χ2n) is 4.75. The lowest BCUT2D eigenvalue weighted by atomic mass is 9.85. The first-order valence-electron chi connectivity index (χ1n) is 6.10. The summed E-state index contributed by atoms with van der Waals surface area (Å²) in [4.78, 5) is 12.0. The maximum Gasteiger partial charge on any atom is 0.140 e. The summed E-state index contributed by atoms with van der Waals surface area (Å²) < 4.78 is 0. The highest BCUT2D eigenvalue weighted by molar-refractivity contribution is 5.86. The van der Waals surface area contributed by atoms with Crippen LogP contribution < -0.4 is 5.32 Å². The summed E-state index contributed by atoms with van der Waals surface area (Å²) in [7, 11) is 0. The number of ketones is 1. The highest BCUT2D eigenvalue weighted by Crippen LogP contribution is 2.35. The molecule has 1 aliphatic carbocycles. The van der Waals surface area contributed by atoms with Crippen molar-refractivity contribution in [3.05, 3.63) is 0 Å². The normalized spacial score (nSPS) is 29.9. The molecule has 0 spiro atoms. The van der Waals surface area contributed by atoms with Crippen LogP contribution in [0.25, 0.3) is 0 Å². The van der Waals surface area contributed by atoms with E-state index in [1.165, 1.54) is 19.3 Å². The van der Waals surface area contributed by atoms with Gasteiger partial charge in [0.15, 0.2) is 0 Å². The molecule has 2 atom stereocenters. The molecule has 1 heterocycles. The van der Waals surface area contributed by atoms with Crippen molar-refractivity contribution in [3.63, 3.8) is 0 Å². The predicted octanol–water partition coefficient (Wildman–Crippen LogP) is 2.13. The van der Waals surface area contributed by atoms with Crippen LogP contribution in [0.4, 0.5) is 0 Å². The number of carbonyl (C=O) groups excluding carboxylic acids is 1. The van der Waals surface area contributed by atoms with Gasteiger partial charge in [0.25, 0.3) is 0 Å². The molecule has 0 aromatic carbocycles. The fraction of sp³-hybridized carbons (Fsp3) is 0.917. The second kappa shape index (κ2) is 4.43. The molecule has 0 radical (unpaired) electrons. The third-order valence-corrected chi connectivity index (χ3v) is 3.62. The molecule has 0 bridgehead atoms. The van der Waals surface area contributed by atoms with Crippen molar-refractivity contribution < 1.29 is 4.79 Å². The van der Waals surface area contributed by atoms with Gasteiger partial charge in [-0.1, -0.05) is 13.3 Å². The van der Waals surface area contributed by atoms with Crippen LogP contribution in [0.1, 0.15) is 45.4 Å². The Balaban J connectivity index is 1.92. The highest BCUT2D eigenvalue weighted by Gasteiger charge is 2.37. The first-order valence-corrected chi connectivity index (χ1v) is 6.10. The van der Waals surface area contributed by atoms with Crippen LogP contribution in [-0.4, -0.2) is 18.4 Å². The van der Waals surface area contributed by atoms with E-state index in [9.17, 15) is 4.79 Å². The molecule has 0 amide bonds. The van der Waals surface area contributed by atoms with Crippen LogP contribution >= 0.6 is 0 Å². The summed E-state index contributed by atoms with van der Waals surface area (Å²) in [6, 6.07) is 0.488. The first kappa shape index (κ1) is 10.2. The fourth-order valence-electron chi connectivity index (χ4n) is 2.58. The molecule has 2 nitrogen and oxygen atoms in total. The lowest BCUT2D eigenvalue weighted by Crippen LogP contribution is -2.43. The monoisotopic (exact) mass is 195 g/mol. The minimum absolute atomic E-state index is 0.308. The van der Waals surface area contributed by atoms with Gasteiger partial charge in [-0.15, -0.1) is 0 Å². The third-order valence-electron chi connectivity index (χ3n) is 3.62. The Labute approximate surface area is 86.5 Å². The molecule has 2 rings (SSSR count). The van der Waals surface area contributed by atoms with E-state index >= 15 is 0 Å². The lowest BCUT2D eigenvalue weighted by molar-refractivity contribution is -0.125. The van der Waals surface area contributed by atoms with Crippen molar-refractivity contribution in [2.75, 3.05) is 6.54 Å². The Hall–Kier alpha value is -0.370. The Bertz CT molecular complexity index is 204. The van der Waals surface area contributed by atoms with Crippen molar-refractivity contribution in [1.82, 2.24) is 5.32 Å². The van der Waals surface area contributed by atoms with E-state index in [0.717, 1.165) is 25.8 Å². The molecule has 1 saturated heterocycles. The van der Waals surface area contributed by atoms with Gasteiger partial charge in [0, 0.05) is 17.9 Å². The fourth-order valence-corrected chi connectivity index (χ4v) is 2.58. The van der Waals surface area contributed by atoms with Gasteiger partial charge < -0.3 is 5.32 Å². The molecule has 2 aliphatic rings. The molecule has 0 aromatic heterocycles. The van der Waals surface area contributed by atoms with E-state index in [1.54, 1.807) is 0 Å². The van der Waals surface area contributed by atoms with Gasteiger partial charge in [0.05, 0.1) is 0 Å². The third kappa shape index (κ3) is 2.17. The maximum atomic E-state index is 12.0. The van der Waals surface area contributed by atoms with Gasteiger partial charge >= 0.3 is 0 Å². The maximum absolute atomic E-state index is 12.0. The van der Waals surface area contributed by atoms with Gasteiger partial charge in [-0.25, -0.2) is 0 Å². The number of rotatable bonds is 4. The van der Waals surface area contributed by atoms with Gasteiger partial charge in [0.2, 0.25) is 0 Å². The number of Topliss-reactive ketones (excluding diaryl/α,β-unsaturated/α-hetero) is 1. The van der Waals surface area contributed by atoms with Crippen LogP contribution in [-0.2, 0) is 4.79 Å². The molecule has 14 heavy (non-hydrogen) atoms. The molecule has 80 valence electrons. The van der Waals surface area contributed by atoms with E-state index in [4.69, 9.17) is 0 Å². The minimum atomic E-state index is 0.308. The summed E-state index contributed by atoms with van der Waals surface area (Å²) in [6.07, 6.45) is 7.12. The molecule has 1 saturated carbocycles. The van der Waals surface area contributed by atoms with E-state index in [-0.39, 0.29) is 0 Å². The summed E-state index contributed by atoms with van der Waals surface area (Å²) >= 11 is 0. The number of carbonyl (C=O) groups is 1. The van der Waals surface area contributed by atoms with Crippen molar-refractivity contribution in [2.45, 2.75) is 51.5 Å². The van der Waals surface area contributed by atoms with E-state index in [1.807, 2.05) is 0 Å². The summed E-state index contributed by atoms with van der Waals surface area (Å²) in [5.74, 6) is 1.29. The molecule has 2 fully saturated rings. The van der Waals surface area contributed by atoms with Crippen LogP contribution in [0.3, 0.4) is 0 Å². The molecule has 2 heteroatoms. The molecule has 2 unspecified atom stereocenters. The zero-order valence-corrected chi connectivity index (χ0v) is 9.09. The van der Waals surface area contributed by atoms with E-state index in [2.05, 4.69) is 12.2 Å². The summed E-state index contributed by atoms with van der Waals surface area (Å²) in [5.41, 5.74) is 0. The summed E-state index contributed by atoms with van der Waals surface area (Å²) in [6.45, 7) is 3.26. The van der Waals surface area contributed by atoms with Gasteiger partial charge in [-0.05, 0) is 38.6 Å². The quantitative estimate of drug-likeness (QED) is 0.744. The largest absolute Gasteiger partial charge is 0.313 e. The minimum Gasteiger partial charge on any atom is -0.313 e. The first-order chi connectivity index (χ1) is 6.83. The number of hydrogen-bond donors (Lipinski definition) is 1. The Morgan fingerprint density at radius 1 is 1.36 bits per heavy atom. The van der Waals surface area contributed by atoms with Crippen molar-refractivity contribution in [2.24, 2.45) is 11.8 Å². The zero-order chi connectivity index (χ0) is 9.97. The number of nitrogens with one attached hydrogen (secondary N) is 1. The van der Waals surface area contributed by atoms with Crippen LogP contribution in [0.2, 0.25) is 0 Å².